The average Bonchev–Trinajstić information content (AvgIpc) is 2.79. The number of hydrogen-bond donors (Lipinski definition) is 3. The van der Waals surface area contributed by atoms with E-state index >= 15 is 0 Å². The molecular weight excluding hydrogens is 244 g/mol. The smallest absolute Gasteiger partial charge is 0.306 e. The number of benzene rings is 1. The molecule has 19 heavy (non-hydrogen) atoms. The third-order valence-corrected chi connectivity index (χ3v) is 3.64. The van der Waals surface area contributed by atoms with Crippen molar-refractivity contribution in [2.45, 2.75) is 18.9 Å². The molecule has 0 atom stereocenters. The Morgan fingerprint density at radius 3 is 2.79 bits per heavy atom. The predicted octanol–water partition coefficient (Wildman–Crippen LogP) is 1.76. The number of fused-ring (bicyclic) bond motifs is 1. The van der Waals surface area contributed by atoms with Crippen molar-refractivity contribution >= 4 is 22.8 Å². The number of rotatable bonds is 3. The molecule has 0 spiro atoms. The molecule has 1 saturated carbocycles. The van der Waals surface area contributed by atoms with Gasteiger partial charge in [-0.3, -0.25) is 9.59 Å². The van der Waals surface area contributed by atoms with Crippen molar-refractivity contribution in [1.82, 2.24) is 10.3 Å². The maximum absolute atomic E-state index is 12.0. The molecule has 0 unspecified atom stereocenters. The third-order valence-electron chi connectivity index (χ3n) is 3.64. The number of aliphatic carboxylic acids is 1. The monoisotopic (exact) mass is 258 g/mol. The second kappa shape index (κ2) is 4.42. The standard InChI is InChI=1S/C14H14N2O3/c17-13(16-11-6-10(7-11)14(18)19)9-1-2-12-8(5-9)3-4-15-12/h1-5,10-11,15H,6-7H2,(H,16,17)(H,18,19). The second-order valence-corrected chi connectivity index (χ2v) is 4.96. The van der Waals surface area contributed by atoms with Crippen LogP contribution in [-0.2, 0) is 4.79 Å². The Hall–Kier alpha value is -2.30. The van der Waals surface area contributed by atoms with Gasteiger partial charge < -0.3 is 15.4 Å². The van der Waals surface area contributed by atoms with Crippen molar-refractivity contribution in [3.63, 3.8) is 0 Å². The van der Waals surface area contributed by atoms with E-state index in [-0.39, 0.29) is 17.9 Å². The lowest BCUT2D eigenvalue weighted by atomic mass is 9.80. The van der Waals surface area contributed by atoms with Crippen LogP contribution in [0.5, 0.6) is 0 Å². The summed E-state index contributed by atoms with van der Waals surface area (Å²) in [5.41, 5.74) is 1.59. The lowest BCUT2D eigenvalue weighted by Gasteiger charge is -2.32. The summed E-state index contributed by atoms with van der Waals surface area (Å²) in [6.07, 6.45) is 2.87. The van der Waals surface area contributed by atoms with Gasteiger partial charge in [-0.2, -0.15) is 0 Å². The fourth-order valence-electron chi connectivity index (χ4n) is 2.40. The number of carbonyl (C=O) groups excluding carboxylic acids is 1. The zero-order chi connectivity index (χ0) is 13.4. The summed E-state index contributed by atoms with van der Waals surface area (Å²) >= 11 is 0. The predicted molar refractivity (Wildman–Crippen MR) is 69.9 cm³/mol. The van der Waals surface area contributed by atoms with E-state index in [0.717, 1.165) is 10.9 Å². The van der Waals surface area contributed by atoms with Crippen molar-refractivity contribution in [2.75, 3.05) is 0 Å². The van der Waals surface area contributed by atoms with Crippen LogP contribution in [0.25, 0.3) is 10.9 Å². The maximum Gasteiger partial charge on any atom is 0.306 e. The van der Waals surface area contributed by atoms with Gasteiger partial charge in [0, 0.05) is 28.7 Å². The molecule has 3 rings (SSSR count). The Balaban J connectivity index is 1.66. The highest BCUT2D eigenvalue weighted by Crippen LogP contribution is 2.27. The highest BCUT2D eigenvalue weighted by molar-refractivity contribution is 5.98. The van der Waals surface area contributed by atoms with E-state index in [4.69, 9.17) is 5.11 Å². The number of carboxylic acid groups (broad SMARTS) is 1. The first-order chi connectivity index (χ1) is 9.13. The number of carboxylic acids is 1. The summed E-state index contributed by atoms with van der Waals surface area (Å²) in [5.74, 6) is -1.23. The molecule has 1 aromatic heterocycles. The van der Waals surface area contributed by atoms with Crippen molar-refractivity contribution in [2.24, 2.45) is 5.92 Å². The van der Waals surface area contributed by atoms with E-state index in [0.29, 0.717) is 18.4 Å². The lowest BCUT2D eigenvalue weighted by molar-refractivity contribution is -0.145. The highest BCUT2D eigenvalue weighted by Gasteiger charge is 2.35. The van der Waals surface area contributed by atoms with Gasteiger partial charge in [-0.05, 0) is 37.1 Å². The van der Waals surface area contributed by atoms with Gasteiger partial charge in [0.2, 0.25) is 0 Å². The SMILES string of the molecule is O=C(NC1CC(C(=O)O)C1)c1ccc2[nH]ccc2c1. The Labute approximate surface area is 109 Å². The van der Waals surface area contributed by atoms with Gasteiger partial charge in [0.25, 0.3) is 5.91 Å². The molecule has 1 aromatic carbocycles. The largest absolute Gasteiger partial charge is 0.481 e. The van der Waals surface area contributed by atoms with Gasteiger partial charge in [-0.25, -0.2) is 0 Å². The zero-order valence-corrected chi connectivity index (χ0v) is 10.2. The van der Waals surface area contributed by atoms with E-state index in [9.17, 15) is 9.59 Å². The lowest BCUT2D eigenvalue weighted by Crippen LogP contribution is -2.46. The molecule has 2 aromatic rings. The molecule has 0 bridgehead atoms. The van der Waals surface area contributed by atoms with E-state index in [1.165, 1.54) is 0 Å². The normalized spacial score (nSPS) is 21.9. The third kappa shape index (κ3) is 2.19. The van der Waals surface area contributed by atoms with Crippen LogP contribution in [0.1, 0.15) is 23.2 Å². The molecule has 5 nitrogen and oxygen atoms in total. The molecule has 1 fully saturated rings. The first kappa shape index (κ1) is 11.8. The molecule has 1 amide bonds. The first-order valence-electron chi connectivity index (χ1n) is 6.24. The number of aromatic amines is 1. The number of aromatic nitrogens is 1. The summed E-state index contributed by atoms with van der Waals surface area (Å²) in [4.78, 5) is 25.8. The first-order valence-corrected chi connectivity index (χ1v) is 6.24. The van der Waals surface area contributed by atoms with Gasteiger partial charge in [0.15, 0.2) is 0 Å². The van der Waals surface area contributed by atoms with E-state index < -0.39 is 5.97 Å². The van der Waals surface area contributed by atoms with Crippen LogP contribution in [-0.4, -0.2) is 28.0 Å². The zero-order valence-electron chi connectivity index (χ0n) is 10.2. The molecule has 5 heteroatoms. The maximum atomic E-state index is 12.0. The fraction of sp³-hybridized carbons (Fsp3) is 0.286. The van der Waals surface area contributed by atoms with Crippen LogP contribution >= 0.6 is 0 Å². The van der Waals surface area contributed by atoms with Crippen LogP contribution in [0, 0.1) is 5.92 Å². The number of nitrogens with one attached hydrogen (secondary N) is 2. The van der Waals surface area contributed by atoms with Crippen molar-refractivity contribution in [3.05, 3.63) is 36.0 Å². The summed E-state index contributed by atoms with van der Waals surface area (Å²) in [7, 11) is 0. The molecule has 0 saturated heterocycles. The van der Waals surface area contributed by atoms with Crippen LogP contribution < -0.4 is 5.32 Å². The Morgan fingerprint density at radius 2 is 2.05 bits per heavy atom. The molecule has 3 N–H and O–H groups in total. The van der Waals surface area contributed by atoms with E-state index in [2.05, 4.69) is 10.3 Å². The number of carbonyl (C=O) groups is 2. The van der Waals surface area contributed by atoms with Gasteiger partial charge in [0.05, 0.1) is 5.92 Å². The minimum Gasteiger partial charge on any atom is -0.481 e. The Kier molecular flexibility index (Phi) is 2.74. The Morgan fingerprint density at radius 1 is 1.26 bits per heavy atom. The van der Waals surface area contributed by atoms with Crippen molar-refractivity contribution in [1.29, 1.82) is 0 Å². The number of hydrogen-bond acceptors (Lipinski definition) is 2. The van der Waals surface area contributed by atoms with E-state index in [1.54, 1.807) is 6.07 Å². The minimum absolute atomic E-state index is 0.0180. The molecule has 1 heterocycles. The fourth-order valence-corrected chi connectivity index (χ4v) is 2.40. The van der Waals surface area contributed by atoms with Crippen molar-refractivity contribution in [3.8, 4) is 0 Å². The summed E-state index contributed by atoms with van der Waals surface area (Å²) in [5, 5.41) is 12.6. The van der Waals surface area contributed by atoms with Crippen LogP contribution in [0.3, 0.4) is 0 Å². The van der Waals surface area contributed by atoms with Gasteiger partial charge >= 0.3 is 5.97 Å². The molecule has 0 radical (unpaired) electrons. The van der Waals surface area contributed by atoms with Crippen LogP contribution in [0.2, 0.25) is 0 Å². The summed E-state index contributed by atoms with van der Waals surface area (Å²) in [6, 6.07) is 7.35. The molecule has 1 aliphatic carbocycles. The second-order valence-electron chi connectivity index (χ2n) is 4.96. The molecule has 0 aliphatic heterocycles. The topological polar surface area (TPSA) is 82.2 Å². The van der Waals surface area contributed by atoms with Crippen LogP contribution in [0.15, 0.2) is 30.5 Å². The van der Waals surface area contributed by atoms with Gasteiger partial charge in [-0.1, -0.05) is 0 Å². The van der Waals surface area contributed by atoms with Crippen LogP contribution in [0.4, 0.5) is 0 Å². The summed E-state index contributed by atoms with van der Waals surface area (Å²) < 4.78 is 0. The van der Waals surface area contributed by atoms with Crippen molar-refractivity contribution < 1.29 is 14.7 Å². The molecule has 98 valence electrons. The average molecular weight is 258 g/mol. The van der Waals surface area contributed by atoms with Gasteiger partial charge in [-0.15, -0.1) is 0 Å². The number of H-pyrrole nitrogens is 1. The van der Waals surface area contributed by atoms with E-state index in [1.807, 2.05) is 24.4 Å². The highest BCUT2D eigenvalue weighted by atomic mass is 16.4. The summed E-state index contributed by atoms with van der Waals surface area (Å²) in [6.45, 7) is 0. The minimum atomic E-state index is -0.778. The quantitative estimate of drug-likeness (QED) is 0.784. The number of amides is 1. The Bertz CT molecular complexity index is 641. The molecule has 1 aliphatic rings. The molecular formula is C14H14N2O3. The van der Waals surface area contributed by atoms with Gasteiger partial charge in [0.1, 0.15) is 0 Å².